The van der Waals surface area contributed by atoms with Gasteiger partial charge in [0.25, 0.3) is 0 Å². The molecule has 12 N–H and O–H groups in total. The average molecular weight is 749 g/mol. The largest absolute Gasteiger partial charge is 0.521 e. The molecule has 0 aliphatic heterocycles. The number of halogens is 2. The Hall–Kier alpha value is -6.82. The summed E-state index contributed by atoms with van der Waals surface area (Å²) in [4.78, 5) is 45.0. The fourth-order valence-corrected chi connectivity index (χ4v) is 3.93. The molecule has 4 aromatic rings. The minimum atomic E-state index is -1.75. The molecule has 0 bridgehead atoms. The number of anilines is 4. The van der Waals surface area contributed by atoms with Crippen LogP contribution in [-0.4, -0.2) is 20.3 Å². The van der Waals surface area contributed by atoms with Gasteiger partial charge < -0.3 is 72.8 Å². The maximum absolute atomic E-state index is 8.25. The molecular formula is C24H30Cl2N12O12. The number of hydrogen-bond acceptors (Lipinski definition) is 16. The number of nitrogens with two attached hydrogens (primary N) is 4. The minimum absolute atomic E-state index is 0.456. The highest BCUT2D eigenvalue weighted by Crippen LogP contribution is 2.27. The van der Waals surface area contributed by atoms with Crippen LogP contribution in [0, 0.1) is 61.3 Å². The van der Waals surface area contributed by atoms with Crippen molar-refractivity contribution in [3.05, 3.63) is 131 Å². The topological polar surface area (TPSA) is 425 Å². The number of aromatic amines is 4. The fourth-order valence-electron chi connectivity index (χ4n) is 3.68. The first-order valence-electron chi connectivity index (χ1n) is 13.0. The van der Waals surface area contributed by atoms with Gasteiger partial charge in [-0.2, -0.15) is 9.97 Å². The summed E-state index contributed by atoms with van der Waals surface area (Å²) in [5.41, 5.74) is 29.3. The molecule has 0 spiro atoms. The highest BCUT2D eigenvalue weighted by molar-refractivity contribution is 6.30. The van der Waals surface area contributed by atoms with E-state index in [0.717, 1.165) is 46.5 Å². The third-order valence-corrected chi connectivity index (χ3v) is 5.73. The fraction of sp³-hybridized carbons (Fsp3) is 0.167. The number of aromatic nitrogens is 4. The number of aryl methyl sites for hydroxylation is 2. The van der Waals surface area contributed by atoms with Gasteiger partial charge in [0, 0.05) is 22.9 Å². The molecule has 0 aliphatic rings. The zero-order valence-electron chi connectivity index (χ0n) is 25.8. The normalized spacial score (nSPS) is 9.04. The number of rotatable bonds is 4. The quantitative estimate of drug-likeness (QED) is 0.170. The van der Waals surface area contributed by atoms with Gasteiger partial charge in [-0.15, -0.1) is 9.97 Å². The van der Waals surface area contributed by atoms with Crippen LogP contribution in [0.5, 0.6) is 0 Å². The van der Waals surface area contributed by atoms with E-state index in [0.29, 0.717) is 33.6 Å². The lowest BCUT2D eigenvalue weighted by Crippen LogP contribution is -2.30. The Labute approximate surface area is 290 Å². The Kier molecular flexibility index (Phi) is 21.3. The molecule has 2 heterocycles. The van der Waals surface area contributed by atoms with Gasteiger partial charge >= 0.3 is 11.9 Å². The van der Waals surface area contributed by atoms with Gasteiger partial charge in [-0.25, -0.2) is 11.5 Å². The zero-order chi connectivity index (χ0) is 39.1. The zero-order valence-corrected chi connectivity index (χ0v) is 27.3. The molecular weight excluding hydrogens is 719 g/mol. The summed E-state index contributed by atoms with van der Waals surface area (Å²) in [6.07, 6.45) is 1.64. The molecule has 2 aromatic carbocycles. The highest BCUT2D eigenvalue weighted by atomic mass is 35.5. The van der Waals surface area contributed by atoms with Gasteiger partial charge in [0.15, 0.2) is 0 Å². The van der Waals surface area contributed by atoms with E-state index >= 15 is 0 Å². The van der Waals surface area contributed by atoms with Crippen LogP contribution >= 0.6 is 23.2 Å². The predicted octanol–water partition coefficient (Wildman–Crippen LogP) is 1.77. The number of nitrogens with zero attached hydrogens (tertiary/aromatic N) is 4. The monoisotopic (exact) mass is 748 g/mol. The SMILES string of the molecule is CCc1[nH+]c(N)[nH+]c(N)c1-c1ccc(Cl)cc1.CCc1[nH+]c(N)[nH+]c(N)c1-c1ccc(Cl)cc1.O=[N+]([O-])[O-].O=[N+]([O-])[O-].O=[N+]([O-])[O-].O=[N+]([O-])[O-]. The summed E-state index contributed by atoms with van der Waals surface area (Å²) in [6.45, 7) is 4.09. The molecule has 4 rings (SSSR count). The Morgan fingerprint density at radius 3 is 0.920 bits per heavy atom. The van der Waals surface area contributed by atoms with Crippen LogP contribution in [-0.2, 0) is 12.8 Å². The van der Waals surface area contributed by atoms with Crippen LogP contribution in [0.25, 0.3) is 22.3 Å². The number of hydrogen-bond donors (Lipinski definition) is 4. The van der Waals surface area contributed by atoms with Crippen LogP contribution in [0.1, 0.15) is 25.2 Å². The molecule has 24 nitrogen and oxygen atoms in total. The van der Waals surface area contributed by atoms with Gasteiger partial charge in [0.1, 0.15) is 22.5 Å². The highest BCUT2D eigenvalue weighted by Gasteiger charge is 2.20. The van der Waals surface area contributed by atoms with Gasteiger partial charge in [-0.1, -0.05) is 61.3 Å². The summed E-state index contributed by atoms with van der Waals surface area (Å²) < 4.78 is 0. The third-order valence-electron chi connectivity index (χ3n) is 5.22. The van der Waals surface area contributed by atoms with Crippen molar-refractivity contribution in [1.82, 2.24) is 0 Å². The summed E-state index contributed by atoms with van der Waals surface area (Å²) in [7, 11) is 0. The summed E-state index contributed by atoms with van der Waals surface area (Å²) >= 11 is 11.7. The molecule has 26 heteroatoms. The van der Waals surface area contributed by atoms with E-state index in [4.69, 9.17) is 107 Å². The van der Waals surface area contributed by atoms with Crippen molar-refractivity contribution >= 4 is 46.7 Å². The molecule has 50 heavy (non-hydrogen) atoms. The number of H-pyrrole nitrogens is 4. The Morgan fingerprint density at radius 2 is 0.720 bits per heavy atom. The van der Waals surface area contributed by atoms with Crippen molar-refractivity contribution in [2.24, 2.45) is 0 Å². The lowest BCUT2D eigenvalue weighted by Gasteiger charge is -2.04. The predicted molar refractivity (Wildman–Crippen MR) is 178 cm³/mol. The van der Waals surface area contributed by atoms with E-state index in [1.54, 1.807) is 0 Å². The van der Waals surface area contributed by atoms with Crippen LogP contribution in [0.4, 0.5) is 23.5 Å². The van der Waals surface area contributed by atoms with Gasteiger partial charge in [0.05, 0.1) is 20.3 Å². The Morgan fingerprint density at radius 1 is 0.500 bits per heavy atom. The van der Waals surface area contributed by atoms with Crippen molar-refractivity contribution in [2.75, 3.05) is 22.9 Å². The Bertz CT molecular complexity index is 1540. The van der Waals surface area contributed by atoms with Crippen molar-refractivity contribution in [3.63, 3.8) is 0 Å². The molecule has 0 aliphatic carbocycles. The van der Waals surface area contributed by atoms with Crippen molar-refractivity contribution in [1.29, 1.82) is 0 Å². The van der Waals surface area contributed by atoms with E-state index in [9.17, 15) is 0 Å². The van der Waals surface area contributed by atoms with E-state index in [2.05, 4.69) is 19.9 Å². The van der Waals surface area contributed by atoms with E-state index < -0.39 is 20.3 Å². The van der Waals surface area contributed by atoms with Crippen molar-refractivity contribution in [2.45, 2.75) is 26.7 Å². The summed E-state index contributed by atoms with van der Waals surface area (Å²) in [5, 5.41) is 60.4. The smallest absolute Gasteiger partial charge is 0.359 e. The van der Waals surface area contributed by atoms with E-state index in [1.165, 1.54) is 0 Å². The second kappa shape index (κ2) is 23.5. The molecule has 272 valence electrons. The average Bonchev–Trinajstić information content (AvgIpc) is 2.97. The standard InChI is InChI=1S/2C12H13ClN4.4NO3/c2*1-2-9-10(11(14)17-12(15)16-9)7-3-5-8(13)6-4-7;4*2-1(3)4/h2*3-6H,2H2,1H3,(H4,14,15,16,17);;;;/q;;4*-1/p+4. The van der Waals surface area contributed by atoms with Gasteiger partial charge in [-0.3, -0.25) is 0 Å². The second-order valence-electron chi connectivity index (χ2n) is 8.48. The van der Waals surface area contributed by atoms with Crippen LogP contribution in [0.15, 0.2) is 48.5 Å². The first-order chi connectivity index (χ1) is 23.2. The third kappa shape index (κ3) is 20.3. The summed E-state index contributed by atoms with van der Waals surface area (Å²) in [5.74, 6) is 2.02. The van der Waals surface area contributed by atoms with Gasteiger partial charge in [-0.05, 0) is 35.4 Å². The molecule has 0 unspecified atom stereocenters. The first kappa shape index (κ1) is 45.3. The molecule has 0 atom stereocenters. The second-order valence-corrected chi connectivity index (χ2v) is 9.35. The molecule has 0 radical (unpaired) electrons. The molecule has 0 saturated heterocycles. The van der Waals surface area contributed by atoms with Crippen LogP contribution < -0.4 is 42.9 Å². The number of nitrogens with one attached hydrogen (secondary N) is 4. The van der Waals surface area contributed by atoms with Crippen LogP contribution in [0.3, 0.4) is 0 Å². The van der Waals surface area contributed by atoms with E-state index in [-0.39, 0.29) is 0 Å². The lowest BCUT2D eigenvalue weighted by atomic mass is 10.0. The maximum Gasteiger partial charge on any atom is 0.521 e. The van der Waals surface area contributed by atoms with Crippen molar-refractivity contribution in [3.8, 4) is 22.3 Å². The Balaban J connectivity index is 0. The summed E-state index contributed by atoms with van der Waals surface area (Å²) in [6, 6.07) is 15.1. The number of benzene rings is 2. The maximum atomic E-state index is 8.25. The first-order valence-corrected chi connectivity index (χ1v) is 13.7. The molecule has 2 aromatic heterocycles. The minimum Gasteiger partial charge on any atom is -0.359 e. The molecule has 0 fully saturated rings. The van der Waals surface area contributed by atoms with E-state index in [1.807, 2.05) is 62.4 Å². The van der Waals surface area contributed by atoms with Gasteiger partial charge in [0.2, 0.25) is 11.6 Å². The molecule has 0 amide bonds. The van der Waals surface area contributed by atoms with Crippen LogP contribution in [0.2, 0.25) is 10.0 Å². The van der Waals surface area contributed by atoms with Crippen molar-refractivity contribution < 1.29 is 40.3 Å². The molecule has 0 saturated carbocycles. The number of nitrogen functional groups attached to an aromatic ring is 4. The lowest BCUT2D eigenvalue weighted by molar-refractivity contribution is -0.498.